The summed E-state index contributed by atoms with van der Waals surface area (Å²) in [5.41, 5.74) is 2.93. The minimum Gasteiger partial charge on any atom is -0.0871 e. The molecule has 0 bridgehead atoms. The van der Waals surface area contributed by atoms with Crippen molar-refractivity contribution in [2.45, 2.75) is 33.1 Å². The summed E-state index contributed by atoms with van der Waals surface area (Å²) in [6.07, 6.45) is 4.21. The van der Waals surface area contributed by atoms with Crippen LogP contribution in [0.25, 0.3) is 6.08 Å². The van der Waals surface area contributed by atoms with E-state index in [1.807, 2.05) is 6.92 Å². The molecule has 0 amide bonds. The Morgan fingerprint density at radius 1 is 1.15 bits per heavy atom. The van der Waals surface area contributed by atoms with Gasteiger partial charge in [0.15, 0.2) is 0 Å². The maximum absolute atomic E-state index is 2.25. The number of hydrogen-bond donors (Lipinski definition) is 0. The van der Waals surface area contributed by atoms with E-state index in [0.717, 1.165) is 0 Å². The second-order valence-corrected chi connectivity index (χ2v) is 4.38. The molecule has 0 unspecified atom stereocenters. The first-order valence-electron chi connectivity index (χ1n) is 4.77. The Kier molecular flexibility index (Phi) is 2.92. The fourth-order valence-electron chi connectivity index (χ4n) is 1.30. The van der Waals surface area contributed by atoms with E-state index >= 15 is 0 Å². The van der Waals surface area contributed by atoms with Gasteiger partial charge in [-0.05, 0) is 23.5 Å². The summed E-state index contributed by atoms with van der Waals surface area (Å²) in [4.78, 5) is 0. The van der Waals surface area contributed by atoms with Crippen LogP contribution in [0.2, 0.25) is 0 Å². The van der Waals surface area contributed by atoms with Crippen LogP contribution in [0, 0.1) is 0 Å². The van der Waals surface area contributed by atoms with E-state index in [-0.39, 0.29) is 5.41 Å². The highest BCUT2D eigenvalue weighted by Crippen LogP contribution is 2.23. The van der Waals surface area contributed by atoms with Gasteiger partial charge in [-0.3, -0.25) is 0 Å². The van der Waals surface area contributed by atoms with Crippen molar-refractivity contribution in [3.8, 4) is 0 Å². The van der Waals surface area contributed by atoms with Crippen LogP contribution < -0.4 is 0 Å². The average Bonchev–Trinajstić information content (AvgIpc) is 2.04. The van der Waals surface area contributed by atoms with Crippen molar-refractivity contribution in [2.24, 2.45) is 0 Å². The molecule has 0 heteroatoms. The Hall–Kier alpha value is -1.04. The maximum Gasteiger partial charge on any atom is -0.0132 e. The van der Waals surface area contributed by atoms with Gasteiger partial charge in [0.25, 0.3) is 0 Å². The molecule has 0 atom stereocenters. The average molecular weight is 174 g/mol. The molecule has 13 heavy (non-hydrogen) atoms. The lowest BCUT2D eigenvalue weighted by Crippen LogP contribution is -2.10. The molecule has 0 nitrogen and oxygen atoms in total. The molecule has 0 saturated carbocycles. The Bertz CT molecular complexity index is 300. The van der Waals surface area contributed by atoms with Gasteiger partial charge in [0.1, 0.15) is 0 Å². The Labute approximate surface area is 81.3 Å². The Morgan fingerprint density at radius 2 is 1.85 bits per heavy atom. The van der Waals surface area contributed by atoms with Crippen molar-refractivity contribution in [3.05, 3.63) is 41.5 Å². The fourth-order valence-corrected chi connectivity index (χ4v) is 1.30. The van der Waals surface area contributed by atoms with Gasteiger partial charge in [-0.2, -0.15) is 0 Å². The zero-order valence-corrected chi connectivity index (χ0v) is 8.96. The monoisotopic (exact) mass is 174 g/mol. The summed E-state index contributed by atoms with van der Waals surface area (Å²) in [5.74, 6) is 0. The van der Waals surface area contributed by atoms with E-state index < -0.39 is 0 Å². The van der Waals surface area contributed by atoms with Crippen LogP contribution >= 0.6 is 0 Å². The van der Waals surface area contributed by atoms with E-state index in [0.29, 0.717) is 0 Å². The van der Waals surface area contributed by atoms with Crippen LogP contribution in [0.1, 0.15) is 38.8 Å². The standard InChI is InChI=1S/C13H18/c1-5-7-11-8-6-9-12(10-11)13(2,3)4/h5-10H,1-4H3/b7-5+. The van der Waals surface area contributed by atoms with E-state index in [2.05, 4.69) is 57.2 Å². The molecule has 0 aliphatic rings. The highest BCUT2D eigenvalue weighted by atomic mass is 14.2. The van der Waals surface area contributed by atoms with Gasteiger partial charge in [0.2, 0.25) is 0 Å². The first-order chi connectivity index (χ1) is 6.04. The van der Waals surface area contributed by atoms with Gasteiger partial charge >= 0.3 is 0 Å². The number of benzene rings is 1. The van der Waals surface area contributed by atoms with Gasteiger partial charge in [0, 0.05) is 0 Å². The second kappa shape index (κ2) is 3.78. The van der Waals surface area contributed by atoms with Crippen molar-refractivity contribution >= 4 is 6.08 Å². The van der Waals surface area contributed by atoms with Crippen LogP contribution in [0.5, 0.6) is 0 Å². The molecule has 1 aromatic carbocycles. The molecule has 1 rings (SSSR count). The molecule has 0 saturated heterocycles. The third kappa shape index (κ3) is 2.73. The topological polar surface area (TPSA) is 0 Å². The molecule has 0 radical (unpaired) electrons. The normalized spacial score (nSPS) is 12.3. The predicted octanol–water partition coefficient (Wildman–Crippen LogP) is 4.02. The highest BCUT2D eigenvalue weighted by molar-refractivity contribution is 5.50. The minimum absolute atomic E-state index is 0.248. The Balaban J connectivity index is 3.05. The van der Waals surface area contributed by atoms with Crippen LogP contribution in [-0.4, -0.2) is 0 Å². The quantitative estimate of drug-likeness (QED) is 0.603. The van der Waals surface area contributed by atoms with E-state index in [4.69, 9.17) is 0 Å². The van der Waals surface area contributed by atoms with E-state index in [1.165, 1.54) is 11.1 Å². The molecule has 0 aliphatic carbocycles. The van der Waals surface area contributed by atoms with Crippen LogP contribution in [0.3, 0.4) is 0 Å². The third-order valence-electron chi connectivity index (χ3n) is 2.11. The lowest BCUT2D eigenvalue weighted by Gasteiger charge is -2.19. The first kappa shape index (κ1) is 10.0. The van der Waals surface area contributed by atoms with Crippen molar-refractivity contribution in [1.82, 2.24) is 0 Å². The Morgan fingerprint density at radius 3 is 2.38 bits per heavy atom. The summed E-state index contributed by atoms with van der Waals surface area (Å²) in [6, 6.07) is 8.69. The zero-order valence-electron chi connectivity index (χ0n) is 8.96. The predicted molar refractivity (Wildman–Crippen MR) is 59.9 cm³/mol. The molecule has 0 spiro atoms. The summed E-state index contributed by atoms with van der Waals surface area (Å²) < 4.78 is 0. The number of rotatable bonds is 1. The molecule has 0 heterocycles. The summed E-state index contributed by atoms with van der Waals surface area (Å²) in [7, 11) is 0. The molecule has 0 N–H and O–H groups in total. The molecular formula is C13H18. The van der Waals surface area contributed by atoms with Crippen molar-refractivity contribution < 1.29 is 0 Å². The molecule has 0 aromatic heterocycles. The van der Waals surface area contributed by atoms with Crippen molar-refractivity contribution in [1.29, 1.82) is 0 Å². The zero-order chi connectivity index (χ0) is 9.90. The van der Waals surface area contributed by atoms with Gasteiger partial charge in [-0.25, -0.2) is 0 Å². The number of hydrogen-bond acceptors (Lipinski definition) is 0. The molecule has 1 aromatic rings. The molecule has 0 fully saturated rings. The third-order valence-corrected chi connectivity index (χ3v) is 2.11. The fraction of sp³-hybridized carbons (Fsp3) is 0.385. The smallest absolute Gasteiger partial charge is 0.0132 e. The molecule has 0 aliphatic heterocycles. The SMILES string of the molecule is C/C=C/c1cccc(C(C)(C)C)c1. The van der Waals surface area contributed by atoms with Crippen LogP contribution in [-0.2, 0) is 5.41 Å². The first-order valence-corrected chi connectivity index (χ1v) is 4.77. The van der Waals surface area contributed by atoms with E-state index in [9.17, 15) is 0 Å². The van der Waals surface area contributed by atoms with Crippen LogP contribution in [0.15, 0.2) is 30.3 Å². The number of allylic oxidation sites excluding steroid dienone is 1. The van der Waals surface area contributed by atoms with Gasteiger partial charge in [-0.15, -0.1) is 0 Å². The highest BCUT2D eigenvalue weighted by Gasteiger charge is 2.12. The largest absolute Gasteiger partial charge is 0.0871 e. The lowest BCUT2D eigenvalue weighted by atomic mass is 9.86. The summed E-state index contributed by atoms with van der Waals surface area (Å²) >= 11 is 0. The second-order valence-electron chi connectivity index (χ2n) is 4.38. The summed E-state index contributed by atoms with van der Waals surface area (Å²) in [6.45, 7) is 8.76. The van der Waals surface area contributed by atoms with Crippen LogP contribution in [0.4, 0.5) is 0 Å². The molecule has 70 valence electrons. The minimum atomic E-state index is 0.248. The lowest BCUT2D eigenvalue weighted by molar-refractivity contribution is 0.590. The molecular weight excluding hydrogens is 156 g/mol. The van der Waals surface area contributed by atoms with Crippen molar-refractivity contribution in [2.75, 3.05) is 0 Å². The van der Waals surface area contributed by atoms with Gasteiger partial charge in [0.05, 0.1) is 0 Å². The van der Waals surface area contributed by atoms with Gasteiger partial charge < -0.3 is 0 Å². The van der Waals surface area contributed by atoms with Gasteiger partial charge in [-0.1, -0.05) is 57.2 Å². The van der Waals surface area contributed by atoms with Crippen molar-refractivity contribution in [3.63, 3.8) is 0 Å². The van der Waals surface area contributed by atoms with E-state index in [1.54, 1.807) is 0 Å². The summed E-state index contributed by atoms with van der Waals surface area (Å²) in [5, 5.41) is 0. The maximum atomic E-state index is 2.25.